The third-order valence-electron chi connectivity index (χ3n) is 2.71. The fraction of sp³-hybridized carbons (Fsp3) is 0.0667. The molecule has 1 aromatic carbocycles. The molecule has 0 amide bonds. The zero-order valence-electron chi connectivity index (χ0n) is 10.9. The van der Waals surface area contributed by atoms with Crippen LogP contribution in [0.3, 0.4) is 0 Å². The molecule has 0 atom stereocenters. The summed E-state index contributed by atoms with van der Waals surface area (Å²) in [7, 11) is 0. The number of carbonyl (C=O) groups excluding carboxylic acids is 1. The van der Waals surface area contributed by atoms with E-state index in [2.05, 4.69) is 9.97 Å². The number of allylic oxidation sites excluding steroid dienone is 1. The minimum Gasteiger partial charge on any atom is -0.424 e. The van der Waals surface area contributed by atoms with Gasteiger partial charge in [-0.1, -0.05) is 36.1 Å². The Balaban J connectivity index is 1.82. The summed E-state index contributed by atoms with van der Waals surface area (Å²) < 4.78 is 6.28. The molecule has 4 nitrogen and oxygen atoms in total. The lowest BCUT2D eigenvalue weighted by molar-refractivity contribution is -0.113. The van der Waals surface area contributed by atoms with Crippen LogP contribution in [0.25, 0.3) is 6.08 Å². The largest absolute Gasteiger partial charge is 0.424 e. The predicted molar refractivity (Wildman–Crippen MR) is 86.3 cm³/mol. The second-order valence-corrected chi connectivity index (χ2v) is 6.18. The molecule has 1 aliphatic heterocycles. The number of hydrogen-bond acceptors (Lipinski definition) is 6. The van der Waals surface area contributed by atoms with Crippen molar-refractivity contribution in [3.05, 3.63) is 53.2 Å². The minimum absolute atomic E-state index is 0.0720. The van der Waals surface area contributed by atoms with Gasteiger partial charge in [0.2, 0.25) is 0 Å². The first-order valence-corrected chi connectivity index (χ1v) is 7.44. The van der Waals surface area contributed by atoms with Gasteiger partial charge in [-0.15, -0.1) is 0 Å². The lowest BCUT2D eigenvalue weighted by Crippen LogP contribution is -1.92. The smallest absolute Gasteiger partial charge is 0.321 e. The van der Waals surface area contributed by atoms with E-state index in [1.807, 2.05) is 30.3 Å². The third-order valence-corrected chi connectivity index (χ3v) is 4.04. The van der Waals surface area contributed by atoms with E-state index in [1.165, 1.54) is 11.8 Å². The fourth-order valence-corrected chi connectivity index (χ4v) is 3.04. The van der Waals surface area contributed by atoms with Crippen LogP contribution in [0.15, 0.2) is 47.6 Å². The molecule has 0 saturated carbocycles. The van der Waals surface area contributed by atoms with E-state index in [1.54, 1.807) is 18.5 Å². The number of Topliss-reactive ketones (excluding diaryl/α,β-unsaturated/α-hetero) is 1. The van der Waals surface area contributed by atoms with Crippen LogP contribution in [0.4, 0.5) is 0 Å². The molecule has 2 aromatic rings. The maximum atomic E-state index is 11.7. The summed E-state index contributed by atoms with van der Waals surface area (Å²) in [6.07, 6.45) is 5.40. The Morgan fingerprint density at radius 1 is 1.24 bits per heavy atom. The second kappa shape index (κ2) is 6.15. The predicted octanol–water partition coefficient (Wildman–Crippen LogP) is 3.64. The van der Waals surface area contributed by atoms with Gasteiger partial charge in [0.15, 0.2) is 5.78 Å². The van der Waals surface area contributed by atoms with Gasteiger partial charge in [0, 0.05) is 12.4 Å². The van der Waals surface area contributed by atoms with Gasteiger partial charge >= 0.3 is 6.01 Å². The van der Waals surface area contributed by atoms with E-state index in [-0.39, 0.29) is 11.8 Å². The number of aromatic nitrogens is 2. The molecule has 6 heteroatoms. The Morgan fingerprint density at radius 3 is 2.76 bits per heavy atom. The first kappa shape index (κ1) is 13.9. The Labute approximate surface area is 131 Å². The molecule has 0 bridgehead atoms. The van der Waals surface area contributed by atoms with E-state index in [4.69, 9.17) is 17.0 Å². The zero-order valence-corrected chi connectivity index (χ0v) is 12.5. The maximum absolute atomic E-state index is 11.7. The first-order chi connectivity index (χ1) is 10.2. The normalized spacial score (nSPS) is 16.5. The molecule has 0 aliphatic carbocycles. The van der Waals surface area contributed by atoms with Gasteiger partial charge < -0.3 is 4.74 Å². The molecule has 1 aliphatic rings. The summed E-state index contributed by atoms with van der Waals surface area (Å²) in [5.74, 6) is 0.691. The average molecular weight is 314 g/mol. The van der Waals surface area contributed by atoms with Crippen molar-refractivity contribution in [2.75, 3.05) is 0 Å². The molecule has 1 fully saturated rings. The van der Waals surface area contributed by atoms with Crippen molar-refractivity contribution < 1.29 is 9.53 Å². The van der Waals surface area contributed by atoms with Gasteiger partial charge in [0.1, 0.15) is 5.75 Å². The second-order valence-electron chi connectivity index (χ2n) is 4.29. The van der Waals surface area contributed by atoms with Gasteiger partial charge in [-0.2, -0.15) is 0 Å². The summed E-state index contributed by atoms with van der Waals surface area (Å²) in [4.78, 5) is 20.4. The number of carbonyl (C=O) groups is 1. The Bertz CT molecular complexity index is 729. The molecule has 0 unspecified atom stereocenters. The van der Waals surface area contributed by atoms with E-state index in [0.717, 1.165) is 9.76 Å². The minimum atomic E-state index is 0.0720. The molecule has 21 heavy (non-hydrogen) atoms. The number of nitrogens with zero attached hydrogens (tertiary/aromatic N) is 2. The van der Waals surface area contributed by atoms with Crippen LogP contribution in [0.1, 0.15) is 12.0 Å². The van der Waals surface area contributed by atoms with Crippen LogP contribution in [0, 0.1) is 0 Å². The molecule has 2 heterocycles. The molecular formula is C15H10N2O2S2. The fourth-order valence-electron chi connectivity index (χ4n) is 1.81. The highest BCUT2D eigenvalue weighted by molar-refractivity contribution is 8.27. The summed E-state index contributed by atoms with van der Waals surface area (Å²) in [6.45, 7) is 0. The van der Waals surface area contributed by atoms with Gasteiger partial charge in [0.05, 0.1) is 15.5 Å². The SMILES string of the molecule is O=C1CC(=S)SC1=Cc1cccc(Oc2ncccn2)c1. The van der Waals surface area contributed by atoms with Crippen LogP contribution in [0.5, 0.6) is 11.8 Å². The van der Waals surface area contributed by atoms with Gasteiger partial charge in [0.25, 0.3) is 0 Å². The summed E-state index contributed by atoms with van der Waals surface area (Å²) in [6, 6.07) is 9.41. The van der Waals surface area contributed by atoms with Gasteiger partial charge in [-0.25, -0.2) is 9.97 Å². The maximum Gasteiger partial charge on any atom is 0.321 e. The number of ether oxygens (including phenoxy) is 1. The number of rotatable bonds is 3. The number of benzene rings is 1. The summed E-state index contributed by atoms with van der Waals surface area (Å²) in [5, 5.41) is 0. The third kappa shape index (κ3) is 3.53. The van der Waals surface area contributed by atoms with E-state index >= 15 is 0 Å². The van der Waals surface area contributed by atoms with Crippen molar-refractivity contribution in [2.45, 2.75) is 6.42 Å². The monoisotopic (exact) mass is 314 g/mol. The van der Waals surface area contributed by atoms with Crippen LogP contribution in [-0.4, -0.2) is 19.9 Å². The molecule has 3 rings (SSSR count). The quantitative estimate of drug-likeness (QED) is 0.637. The van der Waals surface area contributed by atoms with Crippen molar-refractivity contribution in [1.29, 1.82) is 0 Å². The highest BCUT2D eigenvalue weighted by atomic mass is 32.2. The van der Waals surface area contributed by atoms with Crippen LogP contribution < -0.4 is 4.74 Å². The number of ketones is 1. The van der Waals surface area contributed by atoms with E-state index in [0.29, 0.717) is 17.1 Å². The van der Waals surface area contributed by atoms with Crippen LogP contribution in [-0.2, 0) is 4.79 Å². The number of thioether (sulfide) groups is 1. The number of thiocarbonyl (C=S) groups is 1. The standard InChI is InChI=1S/C15H10N2O2S2/c18-12-9-14(20)21-13(12)8-10-3-1-4-11(7-10)19-15-16-5-2-6-17-15/h1-8H,9H2. The van der Waals surface area contributed by atoms with Crippen molar-refractivity contribution in [3.8, 4) is 11.8 Å². The molecule has 1 aromatic heterocycles. The van der Waals surface area contributed by atoms with Gasteiger partial charge in [-0.05, 0) is 29.8 Å². The molecule has 104 valence electrons. The summed E-state index contributed by atoms with van der Waals surface area (Å²) >= 11 is 6.42. The van der Waals surface area contributed by atoms with Gasteiger partial charge in [-0.3, -0.25) is 4.79 Å². The summed E-state index contributed by atoms with van der Waals surface area (Å²) in [5.41, 5.74) is 0.879. The van der Waals surface area contributed by atoms with Crippen molar-refractivity contribution in [2.24, 2.45) is 0 Å². The molecule has 1 saturated heterocycles. The average Bonchev–Trinajstić information content (AvgIpc) is 2.78. The Morgan fingerprint density at radius 2 is 2.05 bits per heavy atom. The Kier molecular flexibility index (Phi) is 4.08. The molecule has 0 spiro atoms. The van der Waals surface area contributed by atoms with E-state index in [9.17, 15) is 4.79 Å². The molecular weight excluding hydrogens is 304 g/mol. The first-order valence-electron chi connectivity index (χ1n) is 6.21. The van der Waals surface area contributed by atoms with Crippen molar-refractivity contribution in [1.82, 2.24) is 9.97 Å². The van der Waals surface area contributed by atoms with Crippen molar-refractivity contribution >= 4 is 40.0 Å². The van der Waals surface area contributed by atoms with E-state index < -0.39 is 0 Å². The lowest BCUT2D eigenvalue weighted by atomic mass is 10.1. The lowest BCUT2D eigenvalue weighted by Gasteiger charge is -2.04. The Hall–Kier alpha value is -2.05. The van der Waals surface area contributed by atoms with Crippen molar-refractivity contribution in [3.63, 3.8) is 0 Å². The zero-order chi connectivity index (χ0) is 14.7. The highest BCUT2D eigenvalue weighted by Crippen LogP contribution is 2.32. The highest BCUT2D eigenvalue weighted by Gasteiger charge is 2.22. The van der Waals surface area contributed by atoms with Crippen LogP contribution in [0.2, 0.25) is 0 Å². The van der Waals surface area contributed by atoms with Crippen LogP contribution >= 0.6 is 24.0 Å². The molecule has 0 N–H and O–H groups in total. The topological polar surface area (TPSA) is 52.1 Å². The molecule has 0 radical (unpaired) electrons. The number of hydrogen-bond donors (Lipinski definition) is 0.